The monoisotopic (exact) mass is 279 g/mol. The van der Waals surface area contributed by atoms with Crippen molar-refractivity contribution in [2.45, 2.75) is 46.1 Å². The Morgan fingerprint density at radius 1 is 1.40 bits per heavy atom. The molecule has 1 aromatic rings. The summed E-state index contributed by atoms with van der Waals surface area (Å²) in [6.07, 6.45) is 3.28. The summed E-state index contributed by atoms with van der Waals surface area (Å²) in [7, 11) is 0. The van der Waals surface area contributed by atoms with Crippen LogP contribution in [0.25, 0.3) is 0 Å². The Labute approximate surface area is 120 Å². The number of aromatic amines is 1. The molecule has 0 spiro atoms. The van der Waals surface area contributed by atoms with E-state index in [1.165, 1.54) is 12.8 Å². The van der Waals surface area contributed by atoms with E-state index in [9.17, 15) is 4.79 Å². The Kier molecular flexibility index (Phi) is 5.11. The Balaban J connectivity index is 1.89. The Morgan fingerprint density at radius 3 is 2.65 bits per heavy atom. The molecule has 2 rings (SSSR count). The van der Waals surface area contributed by atoms with E-state index in [0.717, 1.165) is 25.3 Å². The number of likely N-dealkylation sites (tertiary alicyclic amines) is 1. The van der Waals surface area contributed by atoms with E-state index in [1.54, 1.807) is 0 Å². The first kappa shape index (κ1) is 15.0. The van der Waals surface area contributed by atoms with Gasteiger partial charge in [0, 0.05) is 19.0 Å². The molecule has 0 radical (unpaired) electrons. The minimum atomic E-state index is -0.189. The molecular weight excluding hydrogens is 254 g/mol. The standard InChI is InChI=1S/C14H25N5O/c1-4-12-16-13(18-17-12)14(20)15-9-11(10(2)3)19-7-5-6-8-19/h10-11H,4-9H2,1-3H3,(H,15,20)(H,16,17,18). The summed E-state index contributed by atoms with van der Waals surface area (Å²) in [6.45, 7) is 9.32. The largest absolute Gasteiger partial charge is 0.348 e. The highest BCUT2D eigenvalue weighted by Gasteiger charge is 2.25. The molecule has 1 aromatic heterocycles. The molecule has 1 aliphatic rings. The van der Waals surface area contributed by atoms with Gasteiger partial charge in [-0.1, -0.05) is 20.8 Å². The van der Waals surface area contributed by atoms with Gasteiger partial charge in [0.2, 0.25) is 5.82 Å². The second-order valence-electron chi connectivity index (χ2n) is 5.72. The number of hydrogen-bond donors (Lipinski definition) is 2. The maximum absolute atomic E-state index is 12.0. The fourth-order valence-corrected chi connectivity index (χ4v) is 2.69. The molecule has 0 saturated carbocycles. The van der Waals surface area contributed by atoms with Gasteiger partial charge in [-0.05, 0) is 31.8 Å². The second kappa shape index (κ2) is 6.83. The number of hydrogen-bond acceptors (Lipinski definition) is 4. The maximum Gasteiger partial charge on any atom is 0.291 e. The summed E-state index contributed by atoms with van der Waals surface area (Å²) < 4.78 is 0. The minimum Gasteiger partial charge on any atom is -0.348 e. The number of rotatable bonds is 6. The van der Waals surface area contributed by atoms with E-state index in [-0.39, 0.29) is 11.7 Å². The van der Waals surface area contributed by atoms with Gasteiger partial charge < -0.3 is 5.32 Å². The molecule has 1 aliphatic heterocycles. The quantitative estimate of drug-likeness (QED) is 0.821. The number of carbonyl (C=O) groups is 1. The van der Waals surface area contributed by atoms with E-state index in [0.29, 0.717) is 18.5 Å². The van der Waals surface area contributed by atoms with E-state index >= 15 is 0 Å². The highest BCUT2D eigenvalue weighted by atomic mass is 16.2. The number of carbonyl (C=O) groups excluding carboxylic acids is 1. The van der Waals surface area contributed by atoms with Crippen molar-refractivity contribution in [3.8, 4) is 0 Å². The average molecular weight is 279 g/mol. The third-order valence-electron chi connectivity index (χ3n) is 3.92. The van der Waals surface area contributed by atoms with E-state index < -0.39 is 0 Å². The molecule has 6 nitrogen and oxygen atoms in total. The molecule has 0 aliphatic carbocycles. The van der Waals surface area contributed by atoms with Gasteiger partial charge in [-0.15, -0.1) is 5.10 Å². The van der Waals surface area contributed by atoms with Gasteiger partial charge in [-0.3, -0.25) is 14.8 Å². The lowest BCUT2D eigenvalue weighted by molar-refractivity contribution is 0.0917. The fraction of sp³-hybridized carbons (Fsp3) is 0.786. The smallest absolute Gasteiger partial charge is 0.291 e. The van der Waals surface area contributed by atoms with Crippen molar-refractivity contribution in [2.24, 2.45) is 5.92 Å². The number of aryl methyl sites for hydroxylation is 1. The molecule has 112 valence electrons. The van der Waals surface area contributed by atoms with Crippen molar-refractivity contribution in [3.05, 3.63) is 11.6 Å². The molecule has 1 fully saturated rings. The van der Waals surface area contributed by atoms with Crippen LogP contribution in [0.2, 0.25) is 0 Å². The first-order chi connectivity index (χ1) is 9.61. The van der Waals surface area contributed by atoms with Crippen LogP contribution in [0.3, 0.4) is 0 Å². The molecule has 0 aromatic carbocycles. The molecule has 2 heterocycles. The van der Waals surface area contributed by atoms with Crippen LogP contribution in [0.5, 0.6) is 0 Å². The molecule has 20 heavy (non-hydrogen) atoms. The van der Waals surface area contributed by atoms with Crippen molar-refractivity contribution in [1.29, 1.82) is 0 Å². The van der Waals surface area contributed by atoms with Crippen molar-refractivity contribution in [3.63, 3.8) is 0 Å². The number of amides is 1. The lowest BCUT2D eigenvalue weighted by Gasteiger charge is -2.30. The van der Waals surface area contributed by atoms with Gasteiger partial charge in [0.05, 0.1) is 0 Å². The first-order valence-corrected chi connectivity index (χ1v) is 7.55. The van der Waals surface area contributed by atoms with Crippen LogP contribution in [0.15, 0.2) is 0 Å². The first-order valence-electron chi connectivity index (χ1n) is 7.55. The van der Waals surface area contributed by atoms with Gasteiger partial charge in [0.25, 0.3) is 5.91 Å². The number of nitrogens with zero attached hydrogens (tertiary/aromatic N) is 3. The van der Waals surface area contributed by atoms with Gasteiger partial charge >= 0.3 is 0 Å². The molecular formula is C14H25N5O. The highest BCUT2D eigenvalue weighted by molar-refractivity contribution is 5.90. The zero-order valence-corrected chi connectivity index (χ0v) is 12.6. The third kappa shape index (κ3) is 3.56. The zero-order valence-electron chi connectivity index (χ0n) is 12.6. The van der Waals surface area contributed by atoms with Crippen molar-refractivity contribution in [2.75, 3.05) is 19.6 Å². The summed E-state index contributed by atoms with van der Waals surface area (Å²) in [4.78, 5) is 18.7. The van der Waals surface area contributed by atoms with Crippen LogP contribution in [-0.2, 0) is 6.42 Å². The van der Waals surface area contributed by atoms with Gasteiger partial charge in [0.1, 0.15) is 5.82 Å². The predicted molar refractivity (Wildman–Crippen MR) is 77.5 cm³/mol. The number of H-pyrrole nitrogens is 1. The molecule has 1 saturated heterocycles. The summed E-state index contributed by atoms with van der Waals surface area (Å²) in [6, 6.07) is 0.394. The number of nitrogens with one attached hydrogen (secondary N) is 2. The summed E-state index contributed by atoms with van der Waals surface area (Å²) in [5, 5.41) is 9.68. The van der Waals surface area contributed by atoms with Gasteiger partial charge in [0.15, 0.2) is 0 Å². The fourth-order valence-electron chi connectivity index (χ4n) is 2.69. The molecule has 6 heteroatoms. The highest BCUT2D eigenvalue weighted by Crippen LogP contribution is 2.17. The van der Waals surface area contributed by atoms with Crippen molar-refractivity contribution in [1.82, 2.24) is 25.4 Å². The van der Waals surface area contributed by atoms with E-state index in [1.807, 2.05) is 6.92 Å². The minimum absolute atomic E-state index is 0.189. The van der Waals surface area contributed by atoms with Crippen LogP contribution < -0.4 is 5.32 Å². The van der Waals surface area contributed by atoms with Crippen LogP contribution in [-0.4, -0.2) is 51.7 Å². The van der Waals surface area contributed by atoms with Gasteiger partial charge in [-0.25, -0.2) is 4.98 Å². The summed E-state index contributed by atoms with van der Waals surface area (Å²) >= 11 is 0. The Hall–Kier alpha value is -1.43. The van der Waals surface area contributed by atoms with Gasteiger partial charge in [-0.2, -0.15) is 0 Å². The maximum atomic E-state index is 12.0. The molecule has 1 unspecified atom stereocenters. The normalized spacial score (nSPS) is 17.6. The molecule has 1 amide bonds. The summed E-state index contributed by atoms with van der Waals surface area (Å²) in [5.41, 5.74) is 0. The van der Waals surface area contributed by atoms with Crippen molar-refractivity contribution >= 4 is 5.91 Å². The molecule has 0 bridgehead atoms. The van der Waals surface area contributed by atoms with E-state index in [2.05, 4.69) is 39.2 Å². The van der Waals surface area contributed by atoms with Crippen molar-refractivity contribution < 1.29 is 4.79 Å². The average Bonchev–Trinajstić information content (AvgIpc) is 3.09. The Morgan fingerprint density at radius 2 is 2.10 bits per heavy atom. The topological polar surface area (TPSA) is 73.9 Å². The Bertz CT molecular complexity index is 437. The lowest BCUT2D eigenvalue weighted by atomic mass is 10.0. The lowest BCUT2D eigenvalue weighted by Crippen LogP contribution is -2.45. The molecule has 1 atom stereocenters. The van der Waals surface area contributed by atoms with Crippen LogP contribution in [0.4, 0.5) is 0 Å². The van der Waals surface area contributed by atoms with Crippen LogP contribution in [0, 0.1) is 5.92 Å². The SMILES string of the molecule is CCc1nc(C(=O)NCC(C(C)C)N2CCCC2)n[nH]1. The zero-order chi connectivity index (χ0) is 14.5. The third-order valence-corrected chi connectivity index (χ3v) is 3.92. The summed E-state index contributed by atoms with van der Waals surface area (Å²) in [5.74, 6) is 1.32. The molecule has 2 N–H and O–H groups in total. The van der Waals surface area contributed by atoms with Crippen LogP contribution >= 0.6 is 0 Å². The predicted octanol–water partition coefficient (Wildman–Crippen LogP) is 1.22. The van der Waals surface area contributed by atoms with E-state index in [4.69, 9.17) is 0 Å². The number of aromatic nitrogens is 3. The second-order valence-corrected chi connectivity index (χ2v) is 5.72. The van der Waals surface area contributed by atoms with Crippen LogP contribution in [0.1, 0.15) is 50.1 Å².